The predicted octanol–water partition coefficient (Wildman–Crippen LogP) is 2.53. The van der Waals surface area contributed by atoms with Crippen LogP contribution in [0.25, 0.3) is 0 Å². The molecule has 0 bridgehead atoms. The molecule has 2 aliphatic rings. The van der Waals surface area contributed by atoms with Crippen molar-refractivity contribution in [3.05, 3.63) is 0 Å². The average Bonchev–Trinajstić information content (AvgIpc) is 2.67. The van der Waals surface area contributed by atoms with Crippen LogP contribution in [0.4, 0.5) is 0 Å². The SMILES string of the molecule is CC(C)CC1NC(C)C(=O)N1CCOC1CCCCC1. The highest BCUT2D eigenvalue weighted by Gasteiger charge is 2.35. The Morgan fingerprint density at radius 1 is 1.30 bits per heavy atom. The minimum atomic E-state index is -0.0477. The second kappa shape index (κ2) is 7.41. The van der Waals surface area contributed by atoms with Crippen LogP contribution in [-0.2, 0) is 9.53 Å². The molecule has 0 radical (unpaired) electrons. The van der Waals surface area contributed by atoms with Crippen molar-refractivity contribution < 1.29 is 9.53 Å². The lowest BCUT2D eigenvalue weighted by molar-refractivity contribution is -0.131. The molecule has 2 unspecified atom stereocenters. The first-order valence-electron chi connectivity index (χ1n) is 8.26. The molecule has 0 aromatic rings. The fourth-order valence-electron chi connectivity index (χ4n) is 3.31. The van der Waals surface area contributed by atoms with Crippen LogP contribution in [0.3, 0.4) is 0 Å². The summed E-state index contributed by atoms with van der Waals surface area (Å²) in [6, 6.07) is -0.0477. The summed E-state index contributed by atoms with van der Waals surface area (Å²) >= 11 is 0. The molecule has 1 saturated carbocycles. The zero-order chi connectivity index (χ0) is 14.5. The van der Waals surface area contributed by atoms with E-state index in [1.54, 1.807) is 0 Å². The van der Waals surface area contributed by atoms with Gasteiger partial charge in [0.15, 0.2) is 0 Å². The van der Waals surface area contributed by atoms with Crippen molar-refractivity contribution in [2.45, 2.75) is 77.6 Å². The van der Waals surface area contributed by atoms with E-state index in [2.05, 4.69) is 19.2 Å². The van der Waals surface area contributed by atoms with E-state index in [0.29, 0.717) is 18.6 Å². The minimum absolute atomic E-state index is 0.0477. The molecule has 1 N–H and O–H groups in total. The van der Waals surface area contributed by atoms with E-state index >= 15 is 0 Å². The molecule has 1 aliphatic carbocycles. The van der Waals surface area contributed by atoms with Gasteiger partial charge < -0.3 is 9.64 Å². The zero-order valence-electron chi connectivity index (χ0n) is 13.2. The highest BCUT2D eigenvalue weighted by molar-refractivity contribution is 5.83. The van der Waals surface area contributed by atoms with Gasteiger partial charge in [-0.2, -0.15) is 0 Å². The Hall–Kier alpha value is -0.610. The number of nitrogens with one attached hydrogen (secondary N) is 1. The highest BCUT2D eigenvalue weighted by Crippen LogP contribution is 2.21. The standard InChI is InChI=1S/C16H30N2O2/c1-12(2)11-15-17-13(3)16(19)18(15)9-10-20-14-7-5-4-6-8-14/h12-15,17H,4-11H2,1-3H3. The van der Waals surface area contributed by atoms with Gasteiger partial charge in [-0.25, -0.2) is 0 Å². The lowest BCUT2D eigenvalue weighted by atomic mass is 9.98. The predicted molar refractivity (Wildman–Crippen MR) is 80.4 cm³/mol. The minimum Gasteiger partial charge on any atom is -0.376 e. The molecule has 2 rings (SSSR count). The van der Waals surface area contributed by atoms with E-state index in [-0.39, 0.29) is 18.1 Å². The monoisotopic (exact) mass is 282 g/mol. The van der Waals surface area contributed by atoms with Gasteiger partial charge in [-0.3, -0.25) is 10.1 Å². The summed E-state index contributed by atoms with van der Waals surface area (Å²) in [5.74, 6) is 0.815. The molecule has 116 valence electrons. The van der Waals surface area contributed by atoms with Gasteiger partial charge in [-0.05, 0) is 32.1 Å². The number of ether oxygens (including phenoxy) is 1. The Kier molecular flexibility index (Phi) is 5.85. The van der Waals surface area contributed by atoms with Crippen molar-refractivity contribution in [3.63, 3.8) is 0 Å². The van der Waals surface area contributed by atoms with E-state index in [4.69, 9.17) is 4.74 Å². The number of hydrogen-bond donors (Lipinski definition) is 1. The van der Waals surface area contributed by atoms with Gasteiger partial charge in [0.25, 0.3) is 0 Å². The van der Waals surface area contributed by atoms with Crippen molar-refractivity contribution in [1.29, 1.82) is 0 Å². The molecular formula is C16H30N2O2. The number of carbonyl (C=O) groups is 1. The van der Waals surface area contributed by atoms with Crippen molar-refractivity contribution >= 4 is 5.91 Å². The lowest BCUT2D eigenvalue weighted by Gasteiger charge is -2.27. The van der Waals surface area contributed by atoms with Gasteiger partial charge in [0.2, 0.25) is 5.91 Å². The molecule has 2 fully saturated rings. The maximum atomic E-state index is 12.2. The van der Waals surface area contributed by atoms with Crippen LogP contribution >= 0.6 is 0 Å². The first kappa shape index (κ1) is 15.8. The number of nitrogens with zero attached hydrogens (tertiary/aromatic N) is 1. The van der Waals surface area contributed by atoms with Gasteiger partial charge in [-0.15, -0.1) is 0 Å². The third-order valence-corrected chi connectivity index (χ3v) is 4.40. The molecular weight excluding hydrogens is 252 g/mol. The maximum absolute atomic E-state index is 12.2. The van der Waals surface area contributed by atoms with Crippen LogP contribution in [0, 0.1) is 5.92 Å². The van der Waals surface area contributed by atoms with Crippen LogP contribution in [0.5, 0.6) is 0 Å². The summed E-state index contributed by atoms with van der Waals surface area (Å²) in [5, 5.41) is 3.39. The Morgan fingerprint density at radius 2 is 2.00 bits per heavy atom. The molecule has 20 heavy (non-hydrogen) atoms. The van der Waals surface area contributed by atoms with Crippen molar-refractivity contribution in [2.75, 3.05) is 13.2 Å². The highest BCUT2D eigenvalue weighted by atomic mass is 16.5. The average molecular weight is 282 g/mol. The summed E-state index contributed by atoms with van der Waals surface area (Å²) in [7, 11) is 0. The molecule has 1 amide bonds. The topological polar surface area (TPSA) is 41.6 Å². The van der Waals surface area contributed by atoms with Crippen LogP contribution in [0.15, 0.2) is 0 Å². The second-order valence-corrected chi connectivity index (χ2v) is 6.70. The number of amides is 1. The summed E-state index contributed by atoms with van der Waals surface area (Å²) < 4.78 is 5.96. The first-order chi connectivity index (χ1) is 9.58. The van der Waals surface area contributed by atoms with E-state index in [1.165, 1.54) is 32.1 Å². The van der Waals surface area contributed by atoms with Gasteiger partial charge >= 0.3 is 0 Å². The third kappa shape index (κ3) is 4.19. The Labute approximate surface area is 123 Å². The van der Waals surface area contributed by atoms with E-state index in [1.807, 2.05) is 11.8 Å². The Bertz CT molecular complexity index is 314. The molecule has 1 saturated heterocycles. The van der Waals surface area contributed by atoms with E-state index < -0.39 is 0 Å². The van der Waals surface area contributed by atoms with E-state index in [9.17, 15) is 4.79 Å². The van der Waals surface area contributed by atoms with Crippen LogP contribution < -0.4 is 5.32 Å². The lowest BCUT2D eigenvalue weighted by Crippen LogP contribution is -2.40. The molecule has 4 heteroatoms. The molecule has 0 spiro atoms. The summed E-state index contributed by atoms with van der Waals surface area (Å²) in [6.07, 6.45) is 7.95. The van der Waals surface area contributed by atoms with Gasteiger partial charge in [0.1, 0.15) is 0 Å². The van der Waals surface area contributed by atoms with Gasteiger partial charge in [0, 0.05) is 6.54 Å². The molecule has 4 nitrogen and oxygen atoms in total. The third-order valence-electron chi connectivity index (χ3n) is 4.40. The second-order valence-electron chi connectivity index (χ2n) is 6.70. The first-order valence-corrected chi connectivity index (χ1v) is 8.26. The van der Waals surface area contributed by atoms with Crippen LogP contribution in [0.2, 0.25) is 0 Å². The molecule has 2 atom stereocenters. The van der Waals surface area contributed by atoms with Crippen LogP contribution in [-0.4, -0.2) is 42.3 Å². The van der Waals surface area contributed by atoms with Gasteiger partial charge in [0.05, 0.1) is 24.9 Å². The maximum Gasteiger partial charge on any atom is 0.240 e. The summed E-state index contributed by atoms with van der Waals surface area (Å²) in [6.45, 7) is 7.76. The fraction of sp³-hybridized carbons (Fsp3) is 0.938. The largest absolute Gasteiger partial charge is 0.376 e. The Balaban J connectivity index is 1.77. The molecule has 1 aliphatic heterocycles. The molecule has 0 aromatic heterocycles. The number of rotatable bonds is 6. The van der Waals surface area contributed by atoms with Crippen molar-refractivity contribution in [1.82, 2.24) is 10.2 Å². The fourth-order valence-corrected chi connectivity index (χ4v) is 3.31. The summed E-state index contributed by atoms with van der Waals surface area (Å²) in [5.41, 5.74) is 0. The number of hydrogen-bond acceptors (Lipinski definition) is 3. The zero-order valence-corrected chi connectivity index (χ0v) is 13.2. The number of carbonyl (C=O) groups excluding carboxylic acids is 1. The molecule has 0 aromatic carbocycles. The van der Waals surface area contributed by atoms with Crippen LogP contribution in [0.1, 0.15) is 59.3 Å². The summed E-state index contributed by atoms with van der Waals surface area (Å²) in [4.78, 5) is 14.2. The smallest absolute Gasteiger partial charge is 0.240 e. The quantitative estimate of drug-likeness (QED) is 0.814. The van der Waals surface area contributed by atoms with Crippen molar-refractivity contribution in [3.8, 4) is 0 Å². The van der Waals surface area contributed by atoms with Crippen molar-refractivity contribution in [2.24, 2.45) is 5.92 Å². The Morgan fingerprint density at radius 3 is 2.65 bits per heavy atom. The molecule has 1 heterocycles. The van der Waals surface area contributed by atoms with E-state index in [0.717, 1.165) is 13.0 Å². The van der Waals surface area contributed by atoms with Gasteiger partial charge in [-0.1, -0.05) is 33.1 Å². The normalized spacial score (nSPS) is 28.6.